The molecule has 110 valence electrons. The third-order valence-corrected chi connectivity index (χ3v) is 3.14. The molecule has 0 aromatic rings. The molecule has 0 aliphatic carbocycles. The first-order valence-corrected chi connectivity index (χ1v) is 6.22. The van der Waals surface area contributed by atoms with E-state index in [0.717, 1.165) is 0 Å². The number of aliphatic carboxylic acids is 1. The fraction of sp³-hybridized carbons (Fsp3) is 0.833. The molecule has 1 amide bonds. The van der Waals surface area contributed by atoms with Crippen LogP contribution in [-0.2, 0) is 14.3 Å². The Morgan fingerprint density at radius 3 is 2.63 bits per heavy atom. The van der Waals surface area contributed by atoms with Gasteiger partial charge in [0.2, 0.25) is 5.91 Å². The Hall–Kier alpha value is -1.18. The zero-order valence-corrected chi connectivity index (χ0v) is 11.6. The topological polar surface area (TPSA) is 90.3 Å². The number of aliphatic hydroxyl groups is 1. The van der Waals surface area contributed by atoms with Crippen molar-refractivity contribution < 1.29 is 24.5 Å². The maximum atomic E-state index is 11.9. The third-order valence-electron chi connectivity index (χ3n) is 3.14. The smallest absolute Gasteiger partial charge is 0.323 e. The van der Waals surface area contributed by atoms with Crippen LogP contribution in [0.1, 0.15) is 13.8 Å². The highest BCUT2D eigenvalue weighted by atomic mass is 16.5. The average Bonchev–Trinajstić information content (AvgIpc) is 2.27. The van der Waals surface area contributed by atoms with E-state index >= 15 is 0 Å². The summed E-state index contributed by atoms with van der Waals surface area (Å²) in [6.45, 7) is 4.31. The van der Waals surface area contributed by atoms with E-state index in [9.17, 15) is 9.59 Å². The van der Waals surface area contributed by atoms with Crippen LogP contribution in [0, 0.1) is 0 Å². The van der Waals surface area contributed by atoms with Gasteiger partial charge in [0.15, 0.2) is 0 Å². The van der Waals surface area contributed by atoms with Gasteiger partial charge in [0, 0.05) is 20.1 Å². The summed E-state index contributed by atoms with van der Waals surface area (Å²) >= 11 is 0. The summed E-state index contributed by atoms with van der Waals surface area (Å²) in [5, 5.41) is 17.9. The molecule has 1 aliphatic heterocycles. The van der Waals surface area contributed by atoms with Crippen LogP contribution in [0.4, 0.5) is 0 Å². The third kappa shape index (κ3) is 4.45. The number of nitrogens with zero attached hydrogens (tertiary/aromatic N) is 2. The molecule has 0 spiro atoms. The van der Waals surface area contributed by atoms with Gasteiger partial charge in [-0.1, -0.05) is 0 Å². The summed E-state index contributed by atoms with van der Waals surface area (Å²) in [5.41, 5.74) is -0.470. The van der Waals surface area contributed by atoms with E-state index in [4.69, 9.17) is 14.9 Å². The van der Waals surface area contributed by atoms with Crippen molar-refractivity contribution in [3.05, 3.63) is 0 Å². The number of carboxylic acid groups (broad SMARTS) is 1. The van der Waals surface area contributed by atoms with E-state index in [0.29, 0.717) is 6.54 Å². The highest BCUT2D eigenvalue weighted by Crippen LogP contribution is 2.20. The van der Waals surface area contributed by atoms with Gasteiger partial charge in [0.05, 0.1) is 25.4 Å². The van der Waals surface area contributed by atoms with Crippen LogP contribution in [0.5, 0.6) is 0 Å². The summed E-state index contributed by atoms with van der Waals surface area (Å²) in [6.07, 6.45) is 0. The minimum Gasteiger partial charge on any atom is -0.480 e. The zero-order chi connectivity index (χ0) is 14.6. The number of aliphatic hydroxyl groups excluding tert-OH is 1. The molecule has 7 heteroatoms. The molecule has 1 heterocycles. The molecule has 7 nitrogen and oxygen atoms in total. The predicted molar refractivity (Wildman–Crippen MR) is 67.8 cm³/mol. The van der Waals surface area contributed by atoms with Crippen molar-refractivity contribution in [2.75, 3.05) is 39.9 Å². The number of carboxylic acids is 1. The number of amides is 1. The van der Waals surface area contributed by atoms with Crippen LogP contribution in [0.15, 0.2) is 0 Å². The van der Waals surface area contributed by atoms with Gasteiger partial charge in [-0.25, -0.2) is 0 Å². The Morgan fingerprint density at radius 2 is 2.11 bits per heavy atom. The van der Waals surface area contributed by atoms with Crippen molar-refractivity contribution in [1.29, 1.82) is 0 Å². The largest absolute Gasteiger partial charge is 0.480 e. The van der Waals surface area contributed by atoms with E-state index in [2.05, 4.69) is 0 Å². The molecule has 1 atom stereocenters. The minimum absolute atomic E-state index is 0.0141. The standard InChI is InChI=1S/C12H22N2O5/c1-12(2)8-14(9(7-19-12)11(17)18)6-10(16)13(3)4-5-15/h9,15H,4-8H2,1-3H3,(H,17,18). The summed E-state index contributed by atoms with van der Waals surface area (Å²) in [6, 6.07) is -0.806. The summed E-state index contributed by atoms with van der Waals surface area (Å²) in [5.74, 6) is -1.20. The van der Waals surface area contributed by atoms with Gasteiger partial charge >= 0.3 is 5.97 Å². The fourth-order valence-corrected chi connectivity index (χ4v) is 2.02. The van der Waals surface area contributed by atoms with E-state index in [1.54, 1.807) is 11.9 Å². The van der Waals surface area contributed by atoms with Crippen molar-refractivity contribution in [2.45, 2.75) is 25.5 Å². The molecule has 19 heavy (non-hydrogen) atoms. The maximum absolute atomic E-state index is 11.9. The molecular weight excluding hydrogens is 252 g/mol. The Kier molecular flexibility index (Phi) is 5.28. The SMILES string of the molecule is CN(CCO)C(=O)CN1CC(C)(C)OCC1C(=O)O. The van der Waals surface area contributed by atoms with Crippen LogP contribution in [0.25, 0.3) is 0 Å². The number of ether oxygens (including phenoxy) is 1. The maximum Gasteiger partial charge on any atom is 0.323 e. The Labute approximate surface area is 112 Å². The molecule has 1 aliphatic rings. The van der Waals surface area contributed by atoms with Gasteiger partial charge in [-0.15, -0.1) is 0 Å². The lowest BCUT2D eigenvalue weighted by Crippen LogP contribution is -2.59. The van der Waals surface area contributed by atoms with E-state index < -0.39 is 17.6 Å². The molecule has 0 radical (unpaired) electrons. The van der Waals surface area contributed by atoms with E-state index in [1.165, 1.54) is 4.90 Å². The van der Waals surface area contributed by atoms with Gasteiger partial charge < -0.3 is 19.8 Å². The number of rotatable bonds is 5. The van der Waals surface area contributed by atoms with Crippen molar-refractivity contribution in [3.63, 3.8) is 0 Å². The highest BCUT2D eigenvalue weighted by Gasteiger charge is 2.38. The summed E-state index contributed by atoms with van der Waals surface area (Å²) < 4.78 is 5.47. The number of hydrogen-bond acceptors (Lipinski definition) is 5. The Morgan fingerprint density at radius 1 is 1.47 bits per heavy atom. The van der Waals surface area contributed by atoms with Crippen LogP contribution in [-0.4, -0.2) is 83.4 Å². The van der Waals surface area contributed by atoms with Gasteiger partial charge in [-0.3, -0.25) is 14.5 Å². The van der Waals surface area contributed by atoms with Crippen molar-refractivity contribution >= 4 is 11.9 Å². The fourth-order valence-electron chi connectivity index (χ4n) is 2.02. The number of carbonyl (C=O) groups is 2. The average molecular weight is 274 g/mol. The number of hydrogen-bond donors (Lipinski definition) is 2. The summed E-state index contributed by atoms with van der Waals surface area (Å²) in [7, 11) is 1.58. The molecule has 0 bridgehead atoms. The van der Waals surface area contributed by atoms with Crippen LogP contribution in [0.3, 0.4) is 0 Å². The second-order valence-electron chi connectivity index (χ2n) is 5.37. The first kappa shape index (κ1) is 15.9. The van der Waals surface area contributed by atoms with Gasteiger partial charge in [0.25, 0.3) is 0 Å². The van der Waals surface area contributed by atoms with Crippen LogP contribution < -0.4 is 0 Å². The molecule has 2 N–H and O–H groups in total. The Bertz CT molecular complexity index is 345. The van der Waals surface area contributed by atoms with Gasteiger partial charge in [-0.05, 0) is 13.8 Å². The lowest BCUT2D eigenvalue weighted by molar-refractivity contribution is -0.164. The number of likely N-dealkylation sites (N-methyl/N-ethyl adjacent to an activating group) is 1. The zero-order valence-electron chi connectivity index (χ0n) is 11.6. The molecule has 1 rings (SSSR count). The number of carbonyl (C=O) groups excluding carboxylic acids is 1. The van der Waals surface area contributed by atoms with Crippen LogP contribution >= 0.6 is 0 Å². The molecule has 0 aromatic carbocycles. The molecule has 0 aromatic heterocycles. The lowest BCUT2D eigenvalue weighted by atomic mass is 10.0. The number of morpholine rings is 1. The monoisotopic (exact) mass is 274 g/mol. The molecule has 0 saturated carbocycles. The minimum atomic E-state index is -0.992. The highest BCUT2D eigenvalue weighted by molar-refractivity contribution is 5.80. The normalized spacial score (nSPS) is 23.1. The summed E-state index contributed by atoms with van der Waals surface area (Å²) in [4.78, 5) is 26.1. The van der Waals surface area contributed by atoms with Crippen molar-refractivity contribution in [1.82, 2.24) is 9.80 Å². The first-order valence-electron chi connectivity index (χ1n) is 6.22. The van der Waals surface area contributed by atoms with Crippen LogP contribution in [0.2, 0.25) is 0 Å². The van der Waals surface area contributed by atoms with Crippen molar-refractivity contribution in [2.24, 2.45) is 0 Å². The molecule has 1 fully saturated rings. The van der Waals surface area contributed by atoms with E-state index in [-0.39, 0.29) is 32.2 Å². The lowest BCUT2D eigenvalue weighted by Gasteiger charge is -2.41. The molecule has 1 saturated heterocycles. The predicted octanol–water partition coefficient (Wildman–Crippen LogP) is -0.999. The second kappa shape index (κ2) is 6.31. The van der Waals surface area contributed by atoms with E-state index in [1.807, 2.05) is 13.8 Å². The Balaban J connectivity index is 2.69. The first-order chi connectivity index (χ1) is 8.76. The van der Waals surface area contributed by atoms with Gasteiger partial charge in [-0.2, -0.15) is 0 Å². The second-order valence-corrected chi connectivity index (χ2v) is 5.37. The quantitative estimate of drug-likeness (QED) is 0.668. The van der Waals surface area contributed by atoms with Crippen molar-refractivity contribution in [3.8, 4) is 0 Å². The molecular formula is C12H22N2O5. The molecule has 1 unspecified atom stereocenters. The van der Waals surface area contributed by atoms with Gasteiger partial charge in [0.1, 0.15) is 6.04 Å².